The third-order valence-electron chi connectivity index (χ3n) is 7.68. The molecule has 0 aliphatic carbocycles. The number of anilines is 4. The Kier molecular flexibility index (Phi) is 21.4. The lowest BCUT2D eigenvalue weighted by molar-refractivity contribution is 0.0496. The number of ether oxygens (including phenoxy) is 3. The number of methoxy groups -OCH3 is 1. The first-order valence-electron chi connectivity index (χ1n) is 17.8. The van der Waals surface area contributed by atoms with E-state index < -0.39 is 5.97 Å². The Morgan fingerprint density at radius 3 is 1.02 bits per heavy atom. The monoisotopic (exact) mass is 758 g/mol. The number of carboxylic acids is 1. The highest BCUT2D eigenvalue weighted by Crippen LogP contribution is 2.15. The second-order valence-corrected chi connectivity index (χ2v) is 12.8. The van der Waals surface area contributed by atoms with Crippen LogP contribution in [0.1, 0.15) is 68.1 Å². The molecule has 4 aromatic rings. The first kappa shape index (κ1) is 47.0. The van der Waals surface area contributed by atoms with Crippen LogP contribution in [-0.4, -0.2) is 106 Å². The fourth-order valence-corrected chi connectivity index (χ4v) is 4.31. The number of carbonyl (C=O) groups is 4. The number of rotatable bonds is 12. The molecule has 0 heterocycles. The van der Waals surface area contributed by atoms with Crippen molar-refractivity contribution in [2.75, 3.05) is 96.3 Å². The summed E-state index contributed by atoms with van der Waals surface area (Å²) >= 11 is 0. The highest BCUT2D eigenvalue weighted by atomic mass is 16.5. The summed E-state index contributed by atoms with van der Waals surface area (Å²) in [5, 5.41) is 8.60. The maximum atomic E-state index is 11.6. The highest BCUT2D eigenvalue weighted by molar-refractivity contribution is 5.91. The number of aromatic carboxylic acids is 1. The van der Waals surface area contributed by atoms with Gasteiger partial charge >= 0.3 is 23.9 Å². The van der Waals surface area contributed by atoms with E-state index >= 15 is 0 Å². The zero-order valence-corrected chi connectivity index (χ0v) is 34.2. The van der Waals surface area contributed by atoms with Crippen LogP contribution in [0.25, 0.3) is 0 Å². The third kappa shape index (κ3) is 17.6. The minimum absolute atomic E-state index is 0.237. The Hall–Kier alpha value is -6.04. The van der Waals surface area contributed by atoms with Crippen LogP contribution < -0.4 is 19.6 Å². The van der Waals surface area contributed by atoms with Crippen molar-refractivity contribution >= 4 is 46.6 Å². The molecular formula is C43H58N4O8. The Morgan fingerprint density at radius 2 is 0.764 bits per heavy atom. The molecule has 1 N–H and O–H groups in total. The lowest BCUT2D eigenvalue weighted by Crippen LogP contribution is -2.10. The molecule has 0 unspecified atom stereocenters. The number of carboxylic acid groups (broad SMARTS) is 1. The second-order valence-electron chi connectivity index (χ2n) is 12.8. The van der Waals surface area contributed by atoms with Gasteiger partial charge in [-0.25, -0.2) is 19.2 Å². The predicted octanol–water partition coefficient (Wildman–Crippen LogP) is 7.63. The lowest BCUT2D eigenvalue weighted by atomic mass is 10.2. The number of hydrogen-bond acceptors (Lipinski definition) is 11. The molecule has 0 amide bonds. The largest absolute Gasteiger partial charge is 0.478 e. The number of hydrogen-bond donors (Lipinski definition) is 1. The molecule has 0 aliphatic rings. The normalized spacial score (nSPS) is 9.65. The van der Waals surface area contributed by atoms with Gasteiger partial charge in [0.15, 0.2) is 0 Å². The number of unbranched alkanes of at least 4 members (excludes halogenated alkanes) is 1. The van der Waals surface area contributed by atoms with Crippen molar-refractivity contribution in [3.8, 4) is 0 Å². The fourth-order valence-electron chi connectivity index (χ4n) is 4.31. The first-order valence-corrected chi connectivity index (χ1v) is 17.8. The molecule has 0 radical (unpaired) electrons. The molecule has 12 heteroatoms. The van der Waals surface area contributed by atoms with Gasteiger partial charge in [0.1, 0.15) is 0 Å². The Balaban J connectivity index is 0.000000369. The summed E-state index contributed by atoms with van der Waals surface area (Å²) in [5.41, 5.74) is 6.31. The van der Waals surface area contributed by atoms with Crippen molar-refractivity contribution in [1.29, 1.82) is 0 Å². The molecular weight excluding hydrogens is 700 g/mol. The van der Waals surface area contributed by atoms with Crippen LogP contribution in [-0.2, 0) is 14.2 Å². The van der Waals surface area contributed by atoms with Crippen molar-refractivity contribution in [2.24, 2.45) is 0 Å². The van der Waals surface area contributed by atoms with Crippen LogP contribution in [0, 0.1) is 0 Å². The zero-order chi connectivity index (χ0) is 41.5. The number of benzene rings is 4. The standard InChI is InChI=1S/C13H19NO2.C11H15NO2.C10H13NO2.C9H11NO2/c1-4-5-10-16-13(15)11-6-8-12(9-7-11)14(2)3;1-4-14-11(13)9-5-7-10(8-6-9)12(2)3;1-11(2)9-6-4-8(5-7-9)10(12)13-3;1-10(2)8-5-3-7(4-6-8)9(11)12/h6-9H,4-5,10H2,1-3H3;5-8H,4H2,1-3H3;4-7H,1-3H3;3-6H,1-2H3,(H,11,12). The minimum atomic E-state index is -0.889. The van der Waals surface area contributed by atoms with E-state index in [1.165, 1.54) is 7.11 Å². The van der Waals surface area contributed by atoms with Gasteiger partial charge in [0.25, 0.3) is 0 Å². The summed E-state index contributed by atoms with van der Waals surface area (Å²) in [6, 6.07) is 28.8. The summed E-state index contributed by atoms with van der Waals surface area (Å²) in [6.45, 7) is 4.78. The second kappa shape index (κ2) is 25.1. The molecule has 0 fully saturated rings. The van der Waals surface area contributed by atoms with Crippen molar-refractivity contribution in [3.05, 3.63) is 119 Å². The van der Waals surface area contributed by atoms with Crippen molar-refractivity contribution in [3.63, 3.8) is 0 Å². The lowest BCUT2D eigenvalue weighted by Gasteiger charge is -2.12. The molecule has 55 heavy (non-hydrogen) atoms. The average molecular weight is 759 g/mol. The molecule has 0 saturated carbocycles. The molecule has 4 rings (SSSR count). The van der Waals surface area contributed by atoms with E-state index in [0.29, 0.717) is 35.5 Å². The first-order chi connectivity index (χ1) is 26.1. The molecule has 0 spiro atoms. The van der Waals surface area contributed by atoms with E-state index in [4.69, 9.17) is 14.6 Å². The van der Waals surface area contributed by atoms with Gasteiger partial charge in [0.2, 0.25) is 0 Å². The van der Waals surface area contributed by atoms with Gasteiger partial charge in [0, 0.05) is 79.1 Å². The van der Waals surface area contributed by atoms with Crippen LogP contribution >= 0.6 is 0 Å². The van der Waals surface area contributed by atoms with E-state index in [1.807, 2.05) is 112 Å². The quantitative estimate of drug-likeness (QED) is 0.0867. The van der Waals surface area contributed by atoms with Gasteiger partial charge in [-0.3, -0.25) is 0 Å². The predicted molar refractivity (Wildman–Crippen MR) is 223 cm³/mol. The molecule has 0 atom stereocenters. The minimum Gasteiger partial charge on any atom is -0.478 e. The van der Waals surface area contributed by atoms with Gasteiger partial charge in [-0.2, -0.15) is 0 Å². The number of nitrogens with zero attached hydrogens (tertiary/aromatic N) is 4. The van der Waals surface area contributed by atoms with Crippen molar-refractivity contribution < 1.29 is 38.5 Å². The van der Waals surface area contributed by atoms with Crippen LogP contribution in [0.3, 0.4) is 0 Å². The van der Waals surface area contributed by atoms with Gasteiger partial charge in [0.05, 0.1) is 42.6 Å². The molecule has 298 valence electrons. The maximum absolute atomic E-state index is 11.6. The zero-order valence-electron chi connectivity index (χ0n) is 34.2. The molecule has 4 aromatic carbocycles. The third-order valence-corrected chi connectivity index (χ3v) is 7.68. The van der Waals surface area contributed by atoms with Crippen molar-refractivity contribution in [1.82, 2.24) is 0 Å². The van der Waals surface area contributed by atoms with Crippen LogP contribution in [0.2, 0.25) is 0 Å². The Morgan fingerprint density at radius 1 is 0.473 bits per heavy atom. The van der Waals surface area contributed by atoms with Gasteiger partial charge in [-0.1, -0.05) is 13.3 Å². The maximum Gasteiger partial charge on any atom is 0.338 e. The van der Waals surface area contributed by atoms with E-state index in [1.54, 1.807) is 67.6 Å². The summed E-state index contributed by atoms with van der Waals surface area (Å²) in [4.78, 5) is 52.3. The van der Waals surface area contributed by atoms with Crippen molar-refractivity contribution in [2.45, 2.75) is 26.7 Å². The summed E-state index contributed by atoms with van der Waals surface area (Å²) in [7, 11) is 17.0. The number of esters is 3. The van der Waals surface area contributed by atoms with E-state index in [2.05, 4.69) is 11.7 Å². The van der Waals surface area contributed by atoms with Gasteiger partial charge in [-0.05, 0) is 110 Å². The van der Waals surface area contributed by atoms with Crippen LogP contribution in [0.5, 0.6) is 0 Å². The van der Waals surface area contributed by atoms with Gasteiger partial charge in [-0.15, -0.1) is 0 Å². The van der Waals surface area contributed by atoms with E-state index in [9.17, 15) is 19.2 Å². The Bertz CT molecular complexity index is 1720. The SMILES string of the molecule is CCCCOC(=O)c1ccc(N(C)C)cc1.CCOC(=O)c1ccc(N(C)C)cc1.CN(C)c1ccc(C(=O)O)cc1.COC(=O)c1ccc(N(C)C)cc1. The molecule has 0 saturated heterocycles. The fraction of sp³-hybridized carbons (Fsp3) is 0.349. The van der Waals surface area contributed by atoms with Gasteiger partial charge < -0.3 is 38.9 Å². The van der Waals surface area contributed by atoms with Crippen LogP contribution in [0.15, 0.2) is 97.1 Å². The highest BCUT2D eigenvalue weighted by Gasteiger charge is 2.08. The summed E-state index contributed by atoms with van der Waals surface area (Å²) < 4.78 is 14.6. The summed E-state index contributed by atoms with van der Waals surface area (Å²) in [5.74, 6) is -1.69. The topological polar surface area (TPSA) is 129 Å². The number of carbonyl (C=O) groups excluding carboxylic acids is 3. The molecule has 0 bridgehead atoms. The Labute approximate surface area is 326 Å². The van der Waals surface area contributed by atoms with E-state index in [0.717, 1.165) is 35.6 Å². The summed E-state index contributed by atoms with van der Waals surface area (Å²) in [6.07, 6.45) is 1.95. The van der Waals surface area contributed by atoms with E-state index in [-0.39, 0.29) is 17.9 Å². The molecule has 0 aromatic heterocycles. The van der Waals surface area contributed by atoms with Crippen LogP contribution in [0.4, 0.5) is 22.7 Å². The molecule has 0 aliphatic heterocycles. The molecule has 12 nitrogen and oxygen atoms in total. The smallest absolute Gasteiger partial charge is 0.338 e. The average Bonchev–Trinajstić information content (AvgIpc) is 3.18.